The van der Waals surface area contributed by atoms with Crippen LogP contribution >= 0.6 is 23.4 Å². The lowest BCUT2D eigenvalue weighted by atomic mass is 10.3. The normalized spacial score (nSPS) is 10.7. The number of nitrogens with zero attached hydrogens (tertiary/aromatic N) is 2. The van der Waals surface area contributed by atoms with Crippen LogP contribution in [-0.2, 0) is 0 Å². The molecular weight excluding hydrogens is 251 g/mol. The molecular formula is C9H8ClFN4S. The summed E-state index contributed by atoms with van der Waals surface area (Å²) < 4.78 is 13.2. The monoisotopic (exact) mass is 258 g/mol. The van der Waals surface area contributed by atoms with E-state index >= 15 is 0 Å². The van der Waals surface area contributed by atoms with E-state index in [1.807, 2.05) is 0 Å². The van der Waals surface area contributed by atoms with Crippen LogP contribution in [0.1, 0.15) is 5.82 Å². The van der Waals surface area contributed by atoms with Crippen LogP contribution in [0.2, 0.25) is 5.02 Å². The Bertz CT molecular complexity index is 528. The molecule has 84 valence electrons. The summed E-state index contributed by atoms with van der Waals surface area (Å²) >= 11 is 6.77. The van der Waals surface area contributed by atoms with Gasteiger partial charge in [0.05, 0.1) is 5.02 Å². The van der Waals surface area contributed by atoms with Gasteiger partial charge >= 0.3 is 0 Å². The largest absolute Gasteiger partial charge is 0.398 e. The van der Waals surface area contributed by atoms with E-state index in [4.69, 9.17) is 17.3 Å². The van der Waals surface area contributed by atoms with Crippen LogP contribution in [-0.4, -0.2) is 15.2 Å². The summed E-state index contributed by atoms with van der Waals surface area (Å²) in [6.45, 7) is 1.78. The fraction of sp³-hybridized carbons (Fsp3) is 0.111. The summed E-state index contributed by atoms with van der Waals surface area (Å²) in [6.07, 6.45) is 0. The number of nitrogens with two attached hydrogens (primary N) is 1. The molecule has 0 saturated heterocycles. The molecule has 0 atom stereocenters. The highest BCUT2D eigenvalue weighted by Crippen LogP contribution is 2.33. The fourth-order valence-electron chi connectivity index (χ4n) is 1.10. The number of aryl methyl sites for hydroxylation is 1. The molecule has 2 rings (SSSR count). The number of rotatable bonds is 2. The Kier molecular flexibility index (Phi) is 3.02. The van der Waals surface area contributed by atoms with Gasteiger partial charge in [-0.05, 0) is 30.8 Å². The summed E-state index contributed by atoms with van der Waals surface area (Å²) in [4.78, 5) is 4.63. The molecule has 1 heterocycles. The molecule has 0 radical (unpaired) electrons. The Balaban J connectivity index is 2.31. The highest BCUT2D eigenvalue weighted by atomic mass is 35.5. The molecule has 0 aliphatic carbocycles. The Morgan fingerprint density at radius 1 is 1.50 bits per heavy atom. The van der Waals surface area contributed by atoms with Crippen molar-refractivity contribution in [1.29, 1.82) is 0 Å². The van der Waals surface area contributed by atoms with Crippen LogP contribution < -0.4 is 5.73 Å². The van der Waals surface area contributed by atoms with Crippen molar-refractivity contribution < 1.29 is 4.39 Å². The van der Waals surface area contributed by atoms with Gasteiger partial charge in [-0.1, -0.05) is 11.6 Å². The number of aromatic amines is 1. The number of anilines is 1. The summed E-state index contributed by atoms with van der Waals surface area (Å²) in [5.41, 5.74) is 6.11. The molecule has 2 aromatic rings. The minimum Gasteiger partial charge on any atom is -0.398 e. The summed E-state index contributed by atoms with van der Waals surface area (Å²) in [6, 6.07) is 2.65. The zero-order valence-corrected chi connectivity index (χ0v) is 9.86. The maximum Gasteiger partial charge on any atom is 0.213 e. The zero-order valence-electron chi connectivity index (χ0n) is 8.29. The standard InChI is InChI=1S/C9H8ClFN4S/c1-4-13-9(15-14-4)16-8-3-6(11)5(10)2-7(8)12/h2-3H,12H2,1H3,(H,13,14,15). The van der Waals surface area contributed by atoms with E-state index in [9.17, 15) is 4.39 Å². The van der Waals surface area contributed by atoms with E-state index in [0.717, 1.165) is 0 Å². The summed E-state index contributed by atoms with van der Waals surface area (Å²) in [5.74, 6) is 0.182. The first-order chi connectivity index (χ1) is 7.56. The minimum absolute atomic E-state index is 0.00742. The van der Waals surface area contributed by atoms with Crippen molar-refractivity contribution in [3.63, 3.8) is 0 Å². The van der Waals surface area contributed by atoms with Gasteiger partial charge in [-0.3, -0.25) is 5.10 Å². The number of halogens is 2. The van der Waals surface area contributed by atoms with E-state index in [1.54, 1.807) is 6.92 Å². The summed E-state index contributed by atoms with van der Waals surface area (Å²) in [7, 11) is 0. The second-order valence-corrected chi connectivity index (χ2v) is 4.53. The van der Waals surface area contributed by atoms with Crippen LogP contribution in [0, 0.1) is 12.7 Å². The molecule has 0 unspecified atom stereocenters. The Morgan fingerprint density at radius 3 is 2.88 bits per heavy atom. The van der Waals surface area contributed by atoms with E-state index in [2.05, 4.69) is 15.2 Å². The van der Waals surface area contributed by atoms with Crippen molar-refractivity contribution in [3.8, 4) is 0 Å². The molecule has 7 heteroatoms. The molecule has 0 aliphatic heterocycles. The number of H-pyrrole nitrogens is 1. The number of hydrogen-bond acceptors (Lipinski definition) is 4. The molecule has 0 saturated carbocycles. The quantitative estimate of drug-likeness (QED) is 0.813. The topological polar surface area (TPSA) is 67.6 Å². The molecule has 1 aromatic heterocycles. The van der Waals surface area contributed by atoms with Crippen LogP contribution in [0.15, 0.2) is 22.2 Å². The highest BCUT2D eigenvalue weighted by Gasteiger charge is 2.10. The maximum atomic E-state index is 13.2. The number of benzene rings is 1. The van der Waals surface area contributed by atoms with Crippen LogP contribution in [0.5, 0.6) is 0 Å². The molecule has 0 spiro atoms. The van der Waals surface area contributed by atoms with Crippen molar-refractivity contribution in [3.05, 3.63) is 28.8 Å². The van der Waals surface area contributed by atoms with E-state index < -0.39 is 5.82 Å². The Labute approximate surface area is 100 Å². The molecule has 0 bridgehead atoms. The summed E-state index contributed by atoms with van der Waals surface area (Å²) in [5, 5.41) is 7.11. The van der Waals surface area contributed by atoms with Gasteiger partial charge < -0.3 is 5.73 Å². The van der Waals surface area contributed by atoms with Gasteiger partial charge in [0.25, 0.3) is 0 Å². The Morgan fingerprint density at radius 2 is 2.25 bits per heavy atom. The lowest BCUT2D eigenvalue weighted by Gasteiger charge is -2.03. The Hall–Kier alpha value is -1.27. The highest BCUT2D eigenvalue weighted by molar-refractivity contribution is 7.99. The minimum atomic E-state index is -0.509. The van der Waals surface area contributed by atoms with Crippen molar-refractivity contribution in [2.75, 3.05) is 5.73 Å². The molecule has 0 aliphatic rings. The first-order valence-corrected chi connectivity index (χ1v) is 5.57. The lowest BCUT2D eigenvalue weighted by molar-refractivity contribution is 0.625. The van der Waals surface area contributed by atoms with Crippen molar-refractivity contribution in [1.82, 2.24) is 15.2 Å². The number of hydrogen-bond donors (Lipinski definition) is 2. The average molecular weight is 259 g/mol. The molecule has 0 amide bonds. The van der Waals surface area contributed by atoms with Gasteiger partial charge in [-0.15, -0.1) is 5.10 Å². The predicted octanol–water partition coefficient (Wildman–Crippen LogP) is 2.64. The molecule has 1 aromatic carbocycles. The van der Waals surface area contributed by atoms with Gasteiger partial charge in [0, 0.05) is 10.6 Å². The first kappa shape index (κ1) is 11.2. The molecule has 0 fully saturated rings. The van der Waals surface area contributed by atoms with Gasteiger partial charge in [0.15, 0.2) is 0 Å². The SMILES string of the molecule is Cc1nc(Sc2cc(F)c(Cl)cc2N)n[nH]1. The third-order valence-corrected chi connectivity index (χ3v) is 3.06. The predicted molar refractivity (Wildman–Crippen MR) is 61.1 cm³/mol. The molecule has 16 heavy (non-hydrogen) atoms. The maximum absolute atomic E-state index is 13.2. The number of nitrogens with one attached hydrogen (secondary N) is 1. The third kappa shape index (κ3) is 2.28. The second-order valence-electron chi connectivity index (χ2n) is 3.11. The number of nitrogen functional groups attached to an aromatic ring is 1. The zero-order chi connectivity index (χ0) is 11.7. The van der Waals surface area contributed by atoms with E-state index in [0.29, 0.717) is 21.6 Å². The fourth-order valence-corrected chi connectivity index (χ4v) is 2.08. The molecule has 3 N–H and O–H groups in total. The van der Waals surface area contributed by atoms with Crippen LogP contribution in [0.3, 0.4) is 0 Å². The van der Waals surface area contributed by atoms with Crippen molar-refractivity contribution in [2.24, 2.45) is 0 Å². The van der Waals surface area contributed by atoms with Crippen LogP contribution in [0.25, 0.3) is 0 Å². The van der Waals surface area contributed by atoms with E-state index in [-0.39, 0.29) is 5.02 Å². The van der Waals surface area contributed by atoms with Gasteiger partial charge in [-0.2, -0.15) is 0 Å². The first-order valence-electron chi connectivity index (χ1n) is 4.37. The van der Waals surface area contributed by atoms with Gasteiger partial charge in [0.2, 0.25) is 5.16 Å². The average Bonchev–Trinajstić information content (AvgIpc) is 2.60. The van der Waals surface area contributed by atoms with Crippen molar-refractivity contribution >= 4 is 29.1 Å². The van der Waals surface area contributed by atoms with Crippen molar-refractivity contribution in [2.45, 2.75) is 17.0 Å². The van der Waals surface area contributed by atoms with Gasteiger partial charge in [-0.25, -0.2) is 9.37 Å². The molecule has 4 nitrogen and oxygen atoms in total. The lowest BCUT2D eigenvalue weighted by Crippen LogP contribution is -1.91. The second kappa shape index (κ2) is 4.31. The number of aromatic nitrogens is 3. The smallest absolute Gasteiger partial charge is 0.213 e. The van der Waals surface area contributed by atoms with E-state index in [1.165, 1.54) is 23.9 Å². The third-order valence-electron chi connectivity index (χ3n) is 1.83. The van der Waals surface area contributed by atoms with Crippen LogP contribution in [0.4, 0.5) is 10.1 Å². The van der Waals surface area contributed by atoms with Gasteiger partial charge in [0.1, 0.15) is 11.6 Å².